The normalized spacial score (nSPS) is 11.7. The number of ether oxygens (including phenoxy) is 1. The van der Waals surface area contributed by atoms with E-state index in [1.165, 1.54) is 6.26 Å². The first kappa shape index (κ1) is 10.7. The topological polar surface area (TPSA) is 26.3 Å². The van der Waals surface area contributed by atoms with E-state index in [0.717, 1.165) is 0 Å². The molecule has 2 nitrogen and oxygen atoms in total. The Hall–Kier alpha value is -1.31. The second-order valence-corrected chi connectivity index (χ2v) is 2.29. The van der Waals surface area contributed by atoms with E-state index in [0.29, 0.717) is 12.0 Å². The molecule has 0 unspecified atom stereocenters. The molecule has 0 aromatic rings. The number of esters is 1. The average Bonchev–Trinajstić information content (AvgIpc) is 2.10. The highest BCUT2D eigenvalue weighted by molar-refractivity contribution is 5.88. The summed E-state index contributed by atoms with van der Waals surface area (Å²) in [5.74, 6) is -0.310. The Kier molecular flexibility index (Phi) is 5.70. The summed E-state index contributed by atoms with van der Waals surface area (Å²) in [7, 11) is 0. The van der Waals surface area contributed by atoms with Crippen molar-refractivity contribution in [2.45, 2.75) is 20.3 Å². The summed E-state index contributed by atoms with van der Waals surface area (Å²) in [6.45, 7) is 7.05. The fourth-order valence-electron chi connectivity index (χ4n) is 0.566. The summed E-state index contributed by atoms with van der Waals surface area (Å²) >= 11 is 0. The molecule has 0 atom stereocenters. The van der Waals surface area contributed by atoms with Crippen LogP contribution in [0.2, 0.25) is 0 Å². The molecule has 0 aliphatic carbocycles. The van der Waals surface area contributed by atoms with Crippen LogP contribution in [0.25, 0.3) is 0 Å². The lowest BCUT2D eigenvalue weighted by Crippen LogP contribution is -2.00. The van der Waals surface area contributed by atoms with Crippen LogP contribution in [-0.4, -0.2) is 5.97 Å². The Morgan fingerprint density at radius 3 is 2.75 bits per heavy atom. The van der Waals surface area contributed by atoms with Crippen molar-refractivity contribution in [3.8, 4) is 0 Å². The number of carbonyl (C=O) groups is 1. The maximum absolute atomic E-state index is 11.0. The lowest BCUT2D eigenvalue weighted by atomic mass is 10.2. The van der Waals surface area contributed by atoms with E-state index in [-0.39, 0.29) is 5.97 Å². The molecule has 0 amide bonds. The van der Waals surface area contributed by atoms with E-state index in [1.54, 1.807) is 32.1 Å². The zero-order chi connectivity index (χ0) is 9.40. The second-order valence-electron chi connectivity index (χ2n) is 2.29. The van der Waals surface area contributed by atoms with Crippen LogP contribution in [0.4, 0.5) is 0 Å². The molecular weight excluding hydrogens is 152 g/mol. The SMILES string of the molecule is C=CCC=C(C)C(=O)OC=CC. The van der Waals surface area contributed by atoms with Gasteiger partial charge in [0, 0.05) is 5.57 Å². The second kappa shape index (κ2) is 6.40. The van der Waals surface area contributed by atoms with Gasteiger partial charge in [-0.1, -0.05) is 18.2 Å². The standard InChI is InChI=1S/C10H14O2/c1-4-6-7-9(3)10(11)12-8-5-2/h4-5,7-8H,1,6H2,2-3H3. The van der Waals surface area contributed by atoms with Crippen LogP contribution in [-0.2, 0) is 9.53 Å². The molecule has 2 heteroatoms. The minimum Gasteiger partial charge on any atom is -0.432 e. The van der Waals surface area contributed by atoms with Gasteiger partial charge in [0.2, 0.25) is 0 Å². The smallest absolute Gasteiger partial charge is 0.338 e. The van der Waals surface area contributed by atoms with E-state index >= 15 is 0 Å². The van der Waals surface area contributed by atoms with Crippen molar-refractivity contribution in [3.05, 3.63) is 36.6 Å². The summed E-state index contributed by atoms with van der Waals surface area (Å²) in [6, 6.07) is 0. The Morgan fingerprint density at radius 2 is 2.25 bits per heavy atom. The Morgan fingerprint density at radius 1 is 1.58 bits per heavy atom. The molecule has 0 aromatic heterocycles. The summed E-state index contributed by atoms with van der Waals surface area (Å²) in [5.41, 5.74) is 0.605. The van der Waals surface area contributed by atoms with Crippen molar-refractivity contribution in [1.82, 2.24) is 0 Å². The van der Waals surface area contributed by atoms with Gasteiger partial charge in [-0.15, -0.1) is 6.58 Å². The maximum Gasteiger partial charge on any atom is 0.338 e. The zero-order valence-electron chi connectivity index (χ0n) is 7.54. The van der Waals surface area contributed by atoms with Gasteiger partial charge in [0.25, 0.3) is 0 Å². The van der Waals surface area contributed by atoms with Crippen LogP contribution in [0.15, 0.2) is 36.6 Å². The van der Waals surface area contributed by atoms with Crippen LogP contribution >= 0.6 is 0 Å². The van der Waals surface area contributed by atoms with Gasteiger partial charge in [-0.3, -0.25) is 0 Å². The quantitative estimate of drug-likeness (QED) is 0.278. The van der Waals surface area contributed by atoms with Crippen molar-refractivity contribution in [2.24, 2.45) is 0 Å². The molecule has 0 rings (SSSR count). The third-order valence-corrected chi connectivity index (χ3v) is 1.22. The summed E-state index contributed by atoms with van der Waals surface area (Å²) < 4.78 is 4.73. The molecule has 0 saturated carbocycles. The van der Waals surface area contributed by atoms with Crippen LogP contribution in [0.1, 0.15) is 20.3 Å². The number of hydrogen-bond donors (Lipinski definition) is 0. The minimum absolute atomic E-state index is 0.310. The molecular formula is C10H14O2. The minimum atomic E-state index is -0.310. The van der Waals surface area contributed by atoms with E-state index in [9.17, 15) is 4.79 Å². The highest BCUT2D eigenvalue weighted by Crippen LogP contribution is 1.99. The Bertz CT molecular complexity index is 212. The first-order chi connectivity index (χ1) is 5.72. The predicted molar refractivity (Wildman–Crippen MR) is 49.5 cm³/mol. The van der Waals surface area contributed by atoms with Crippen molar-refractivity contribution < 1.29 is 9.53 Å². The molecule has 66 valence electrons. The van der Waals surface area contributed by atoms with Crippen molar-refractivity contribution in [1.29, 1.82) is 0 Å². The molecule has 0 radical (unpaired) electrons. The first-order valence-electron chi connectivity index (χ1n) is 3.82. The third-order valence-electron chi connectivity index (χ3n) is 1.22. The average molecular weight is 166 g/mol. The Balaban J connectivity index is 3.99. The fraction of sp³-hybridized carbons (Fsp3) is 0.300. The van der Waals surface area contributed by atoms with E-state index in [2.05, 4.69) is 6.58 Å². The number of hydrogen-bond acceptors (Lipinski definition) is 2. The van der Waals surface area contributed by atoms with E-state index in [1.807, 2.05) is 0 Å². The summed E-state index contributed by atoms with van der Waals surface area (Å²) in [6.07, 6.45) is 7.23. The largest absolute Gasteiger partial charge is 0.432 e. The van der Waals surface area contributed by atoms with Gasteiger partial charge in [0.15, 0.2) is 0 Å². The maximum atomic E-state index is 11.0. The highest BCUT2D eigenvalue weighted by Gasteiger charge is 2.01. The van der Waals surface area contributed by atoms with Crippen molar-refractivity contribution in [2.75, 3.05) is 0 Å². The highest BCUT2D eigenvalue weighted by atomic mass is 16.5. The van der Waals surface area contributed by atoms with Crippen molar-refractivity contribution >= 4 is 5.97 Å². The van der Waals surface area contributed by atoms with Gasteiger partial charge < -0.3 is 4.74 Å². The lowest BCUT2D eigenvalue weighted by molar-refractivity contribution is -0.133. The Labute approximate surface area is 73.2 Å². The molecule has 0 spiro atoms. The molecule has 0 saturated heterocycles. The van der Waals surface area contributed by atoms with Crippen LogP contribution in [0.3, 0.4) is 0 Å². The predicted octanol–water partition coefficient (Wildman–Crippen LogP) is 2.59. The van der Waals surface area contributed by atoms with Crippen LogP contribution < -0.4 is 0 Å². The first-order valence-corrected chi connectivity index (χ1v) is 3.82. The summed E-state index contributed by atoms with van der Waals surface area (Å²) in [4.78, 5) is 11.0. The van der Waals surface area contributed by atoms with Gasteiger partial charge in [0.1, 0.15) is 0 Å². The molecule has 0 aromatic carbocycles. The molecule has 0 aliphatic rings. The van der Waals surface area contributed by atoms with Gasteiger partial charge >= 0.3 is 5.97 Å². The zero-order valence-corrected chi connectivity index (χ0v) is 7.54. The van der Waals surface area contributed by atoms with Gasteiger partial charge in [-0.2, -0.15) is 0 Å². The van der Waals surface area contributed by atoms with Crippen molar-refractivity contribution in [3.63, 3.8) is 0 Å². The molecule has 0 N–H and O–H groups in total. The van der Waals surface area contributed by atoms with E-state index < -0.39 is 0 Å². The fourth-order valence-corrected chi connectivity index (χ4v) is 0.566. The summed E-state index contributed by atoms with van der Waals surface area (Å²) in [5, 5.41) is 0. The third kappa shape index (κ3) is 4.50. The molecule has 0 heterocycles. The van der Waals surface area contributed by atoms with Gasteiger partial charge in [-0.25, -0.2) is 4.79 Å². The number of rotatable bonds is 4. The van der Waals surface area contributed by atoms with Gasteiger partial charge in [0.05, 0.1) is 6.26 Å². The molecule has 0 aliphatic heterocycles. The molecule has 12 heavy (non-hydrogen) atoms. The van der Waals surface area contributed by atoms with Crippen LogP contribution in [0, 0.1) is 0 Å². The van der Waals surface area contributed by atoms with E-state index in [4.69, 9.17) is 4.74 Å². The lowest BCUT2D eigenvalue weighted by Gasteiger charge is -1.97. The van der Waals surface area contributed by atoms with Crippen LogP contribution in [0.5, 0.6) is 0 Å². The molecule has 0 bridgehead atoms. The number of carbonyl (C=O) groups excluding carboxylic acids is 1. The van der Waals surface area contributed by atoms with Gasteiger partial charge in [-0.05, 0) is 20.3 Å². The monoisotopic (exact) mass is 166 g/mol. The number of allylic oxidation sites excluding steroid dienone is 3. The molecule has 0 fully saturated rings.